The molecular weight excluding hydrogens is 319 g/mol. The van der Waals surface area contributed by atoms with Crippen molar-refractivity contribution in [1.82, 2.24) is 14.8 Å². The summed E-state index contributed by atoms with van der Waals surface area (Å²) in [6.45, 7) is -0.0382. The molecule has 0 saturated carbocycles. The van der Waals surface area contributed by atoms with Crippen molar-refractivity contribution in [1.29, 1.82) is 0 Å². The van der Waals surface area contributed by atoms with Crippen molar-refractivity contribution in [2.24, 2.45) is 0 Å². The van der Waals surface area contributed by atoms with Crippen LogP contribution in [0.5, 0.6) is 0 Å². The van der Waals surface area contributed by atoms with Crippen LogP contribution in [0.2, 0.25) is 0 Å². The third-order valence-corrected chi connectivity index (χ3v) is 5.64. The van der Waals surface area contributed by atoms with Gasteiger partial charge in [0.25, 0.3) is 10.0 Å². The summed E-state index contributed by atoms with van der Waals surface area (Å²) in [4.78, 5) is 0.0102. The fraction of sp³-hybridized carbons (Fsp3) is 0.0667. The van der Waals surface area contributed by atoms with Crippen LogP contribution in [0.25, 0.3) is 5.69 Å². The van der Waals surface area contributed by atoms with Crippen LogP contribution in [-0.2, 0) is 16.6 Å². The molecular formula is C15H11FN4O2S. The fourth-order valence-corrected chi connectivity index (χ4v) is 4.39. The summed E-state index contributed by atoms with van der Waals surface area (Å²) in [5, 5.41) is 7.48. The lowest BCUT2D eigenvalue weighted by molar-refractivity contribution is 0.595. The Morgan fingerprint density at radius 3 is 2.35 bits per heavy atom. The van der Waals surface area contributed by atoms with Crippen molar-refractivity contribution < 1.29 is 12.8 Å². The zero-order chi connectivity index (χ0) is 16.0. The number of aromatic nitrogens is 3. The predicted molar refractivity (Wildman–Crippen MR) is 81.1 cm³/mol. The lowest BCUT2D eigenvalue weighted by Gasteiger charge is -2.20. The second-order valence-corrected chi connectivity index (χ2v) is 6.92. The average Bonchev–Trinajstić information content (AvgIpc) is 3.15. The van der Waals surface area contributed by atoms with E-state index in [0.29, 0.717) is 11.4 Å². The normalized spacial score (nSPS) is 15.6. The van der Waals surface area contributed by atoms with Crippen LogP contribution in [0.1, 0.15) is 5.56 Å². The van der Waals surface area contributed by atoms with Gasteiger partial charge in [-0.2, -0.15) is 0 Å². The molecule has 2 heterocycles. The van der Waals surface area contributed by atoms with Gasteiger partial charge in [-0.3, -0.25) is 8.87 Å². The molecule has 116 valence electrons. The number of hydrogen-bond donors (Lipinski definition) is 0. The van der Waals surface area contributed by atoms with Crippen molar-refractivity contribution in [3.63, 3.8) is 0 Å². The second kappa shape index (κ2) is 4.88. The van der Waals surface area contributed by atoms with Gasteiger partial charge in [0.05, 0.1) is 22.8 Å². The summed E-state index contributed by atoms with van der Waals surface area (Å²) in [5.74, 6) is -0.518. The van der Waals surface area contributed by atoms with Crippen LogP contribution < -0.4 is 4.31 Å². The van der Waals surface area contributed by atoms with E-state index in [2.05, 4.69) is 10.2 Å². The minimum absolute atomic E-state index is 0.0102. The zero-order valence-corrected chi connectivity index (χ0v) is 12.6. The van der Waals surface area contributed by atoms with Gasteiger partial charge in [-0.1, -0.05) is 18.2 Å². The van der Waals surface area contributed by atoms with Crippen LogP contribution >= 0.6 is 0 Å². The van der Waals surface area contributed by atoms with Gasteiger partial charge in [-0.25, -0.2) is 12.8 Å². The molecule has 0 radical (unpaired) electrons. The van der Waals surface area contributed by atoms with Crippen molar-refractivity contribution in [3.05, 3.63) is 66.5 Å². The molecule has 4 rings (SSSR count). The molecule has 0 unspecified atom stereocenters. The zero-order valence-electron chi connectivity index (χ0n) is 11.8. The average molecular weight is 330 g/mol. The Hall–Kier alpha value is -2.74. The number of rotatable bonds is 2. The number of nitrogens with zero attached hydrogens (tertiary/aromatic N) is 4. The lowest BCUT2D eigenvalue weighted by Crippen LogP contribution is -2.24. The molecule has 8 heteroatoms. The first-order valence-corrected chi connectivity index (χ1v) is 8.27. The maximum Gasteiger partial charge on any atom is 0.265 e. The summed E-state index contributed by atoms with van der Waals surface area (Å²) in [5.41, 5.74) is 1.24. The van der Waals surface area contributed by atoms with Gasteiger partial charge >= 0.3 is 0 Å². The standard InChI is InChI=1S/C15H11FN4O2S/c16-12-4-3-7-15-11(12)8-20(23(15,21)22)14-6-2-1-5-13(14)19-9-17-18-10-19/h1-7,9-10H,8H2. The number of sulfonamides is 1. The van der Waals surface area contributed by atoms with E-state index in [-0.39, 0.29) is 17.0 Å². The third-order valence-electron chi connectivity index (χ3n) is 3.79. The van der Waals surface area contributed by atoms with Gasteiger partial charge in [0, 0.05) is 5.56 Å². The molecule has 0 atom stereocenters. The molecule has 0 fully saturated rings. The quantitative estimate of drug-likeness (QED) is 0.722. The molecule has 1 aliphatic rings. The summed E-state index contributed by atoms with van der Waals surface area (Å²) in [6.07, 6.45) is 2.96. The molecule has 2 aromatic carbocycles. The maximum atomic E-state index is 14.0. The Bertz CT molecular complexity index is 986. The first-order chi connectivity index (χ1) is 11.1. The van der Waals surface area contributed by atoms with Crippen LogP contribution in [0, 0.1) is 5.82 Å². The van der Waals surface area contributed by atoms with Gasteiger partial charge in [0.15, 0.2) is 0 Å². The smallest absolute Gasteiger partial charge is 0.265 e. The molecule has 23 heavy (non-hydrogen) atoms. The third kappa shape index (κ3) is 2.02. The molecule has 0 saturated heterocycles. The minimum Gasteiger partial charge on any atom is -0.286 e. The highest BCUT2D eigenvalue weighted by Crippen LogP contribution is 2.38. The fourth-order valence-electron chi connectivity index (χ4n) is 2.71. The van der Waals surface area contributed by atoms with Crippen molar-refractivity contribution in [3.8, 4) is 5.69 Å². The van der Waals surface area contributed by atoms with Crippen LogP contribution in [0.4, 0.5) is 10.1 Å². The van der Waals surface area contributed by atoms with Gasteiger partial charge in [-0.15, -0.1) is 10.2 Å². The van der Waals surface area contributed by atoms with E-state index in [9.17, 15) is 12.8 Å². The Balaban J connectivity index is 1.90. The summed E-state index contributed by atoms with van der Waals surface area (Å²) in [7, 11) is -3.80. The number of fused-ring (bicyclic) bond motifs is 1. The molecule has 0 amide bonds. The monoisotopic (exact) mass is 330 g/mol. The number of halogens is 1. The number of hydrogen-bond acceptors (Lipinski definition) is 4. The molecule has 1 aromatic heterocycles. The van der Waals surface area contributed by atoms with E-state index in [1.807, 2.05) is 0 Å². The highest BCUT2D eigenvalue weighted by Gasteiger charge is 2.37. The molecule has 0 bridgehead atoms. The van der Waals surface area contributed by atoms with E-state index in [1.54, 1.807) is 28.8 Å². The summed E-state index contributed by atoms with van der Waals surface area (Å²) >= 11 is 0. The Labute approximate surface area is 131 Å². The molecule has 0 spiro atoms. The van der Waals surface area contributed by atoms with Crippen molar-refractivity contribution in [2.75, 3.05) is 4.31 Å². The SMILES string of the molecule is O=S1(=O)c2cccc(F)c2CN1c1ccccc1-n1cnnc1. The Kier molecular flexibility index (Phi) is 2.95. The molecule has 0 aliphatic carbocycles. The van der Waals surface area contributed by atoms with Crippen molar-refractivity contribution in [2.45, 2.75) is 11.4 Å². The molecule has 6 nitrogen and oxygen atoms in total. The first kappa shape index (κ1) is 13.9. The largest absolute Gasteiger partial charge is 0.286 e. The summed E-state index contributed by atoms with van der Waals surface area (Å²) < 4.78 is 42.4. The first-order valence-electron chi connectivity index (χ1n) is 6.83. The van der Waals surface area contributed by atoms with Gasteiger partial charge < -0.3 is 0 Å². The van der Waals surface area contributed by atoms with Crippen LogP contribution in [-0.4, -0.2) is 23.2 Å². The highest BCUT2D eigenvalue weighted by atomic mass is 32.2. The molecule has 3 aromatic rings. The van der Waals surface area contributed by atoms with Crippen LogP contribution in [0.15, 0.2) is 60.0 Å². The molecule has 0 N–H and O–H groups in total. The number of para-hydroxylation sites is 2. The van der Waals surface area contributed by atoms with Crippen LogP contribution in [0.3, 0.4) is 0 Å². The lowest BCUT2D eigenvalue weighted by atomic mass is 10.2. The predicted octanol–water partition coefficient (Wildman–Crippen LogP) is 2.12. The van der Waals surface area contributed by atoms with E-state index < -0.39 is 15.8 Å². The Morgan fingerprint density at radius 1 is 0.957 bits per heavy atom. The van der Waals surface area contributed by atoms with Gasteiger partial charge in [0.2, 0.25) is 0 Å². The maximum absolute atomic E-state index is 14.0. The molecule has 1 aliphatic heterocycles. The van der Waals surface area contributed by atoms with E-state index in [1.165, 1.54) is 35.2 Å². The highest BCUT2D eigenvalue weighted by molar-refractivity contribution is 7.93. The van der Waals surface area contributed by atoms with E-state index in [4.69, 9.17) is 0 Å². The van der Waals surface area contributed by atoms with Crippen molar-refractivity contribution >= 4 is 15.7 Å². The van der Waals surface area contributed by atoms with Gasteiger partial charge in [0.1, 0.15) is 18.5 Å². The summed E-state index contributed by atoms with van der Waals surface area (Å²) in [6, 6.07) is 11.1. The van der Waals surface area contributed by atoms with E-state index >= 15 is 0 Å². The van der Waals surface area contributed by atoms with Gasteiger partial charge in [-0.05, 0) is 24.3 Å². The minimum atomic E-state index is -3.80. The number of benzene rings is 2. The second-order valence-electron chi connectivity index (χ2n) is 5.09. The number of anilines is 1. The topological polar surface area (TPSA) is 68.1 Å². The Morgan fingerprint density at radius 2 is 1.65 bits per heavy atom. The van der Waals surface area contributed by atoms with E-state index in [0.717, 1.165) is 0 Å².